The van der Waals surface area contributed by atoms with Crippen LogP contribution in [-0.4, -0.2) is 76.8 Å². The highest BCUT2D eigenvalue weighted by atomic mass is 16.6. The Morgan fingerprint density at radius 3 is 2.43 bits per heavy atom. The van der Waals surface area contributed by atoms with Gasteiger partial charge in [0.25, 0.3) is 0 Å². The third-order valence-corrected chi connectivity index (χ3v) is 8.81. The molecule has 0 radical (unpaired) electrons. The zero-order chi connectivity index (χ0) is 30.6. The predicted molar refractivity (Wildman–Crippen MR) is 167 cm³/mol. The second-order valence-electron chi connectivity index (χ2n) is 12.9. The van der Waals surface area contributed by atoms with Crippen LogP contribution in [0.1, 0.15) is 64.5 Å². The summed E-state index contributed by atoms with van der Waals surface area (Å²) in [6.45, 7) is 6.75. The molecule has 1 aromatic carbocycles. The van der Waals surface area contributed by atoms with Crippen molar-refractivity contribution in [3.05, 3.63) is 54.4 Å². The monoisotopic (exact) mass is 595 g/mol. The molecule has 0 aliphatic carbocycles. The van der Waals surface area contributed by atoms with Crippen molar-refractivity contribution < 1.29 is 14.6 Å². The second kappa shape index (κ2) is 10.8. The lowest BCUT2D eigenvalue weighted by Gasteiger charge is -2.39. The zero-order valence-electron chi connectivity index (χ0n) is 25.2. The highest BCUT2D eigenvalue weighted by Crippen LogP contribution is 2.43. The van der Waals surface area contributed by atoms with Crippen molar-refractivity contribution in [2.45, 2.75) is 76.6 Å². The molecule has 12 nitrogen and oxygen atoms in total. The fraction of sp³-hybridized carbons (Fsp3) is 0.438. The van der Waals surface area contributed by atoms with Gasteiger partial charge in [0.05, 0.1) is 17.3 Å². The number of piperidine rings is 1. The quantitative estimate of drug-likeness (QED) is 0.331. The second-order valence-corrected chi connectivity index (χ2v) is 12.9. The maximum atomic E-state index is 12.4. The maximum Gasteiger partial charge on any atom is 0.410 e. The van der Waals surface area contributed by atoms with E-state index in [9.17, 15) is 9.90 Å². The molecule has 3 aromatic heterocycles. The Labute approximate surface area is 255 Å². The first-order chi connectivity index (χ1) is 21.1. The Balaban J connectivity index is 1.07. The molecular weight excluding hydrogens is 558 g/mol. The number of hydrogen-bond donors (Lipinski definition) is 2. The molecule has 2 unspecified atom stereocenters. The van der Waals surface area contributed by atoms with Crippen LogP contribution in [0, 0.1) is 0 Å². The van der Waals surface area contributed by atoms with E-state index in [4.69, 9.17) is 25.5 Å². The minimum atomic E-state index is -0.510. The number of amides is 1. The summed E-state index contributed by atoms with van der Waals surface area (Å²) in [5.74, 6) is 1.26. The molecule has 2 fully saturated rings. The SMILES string of the molecule is CC(C)(C)OC(=O)N1CC=C(c2cnc(N3C4CCC3CC(n3nc(N)c5nnc(-c6ccccc6O)cc53)C4)nc2)CC1. The van der Waals surface area contributed by atoms with Crippen molar-refractivity contribution in [1.29, 1.82) is 0 Å². The standard InChI is InChI=1S/C32H37N9O3/c1-32(2,3)44-31(43)39-12-10-19(11-13-39)20-17-34-30(35-18-20)40-21-8-9-22(40)15-23(14-21)41-26-16-25(24-6-4-5-7-27(24)42)36-37-28(26)29(33)38-41/h4-7,10,16-18,21-23,42H,8-9,11-15H2,1-3H3,(H2,33,38). The molecule has 4 aromatic rings. The average molecular weight is 596 g/mol. The van der Waals surface area contributed by atoms with Crippen LogP contribution in [0.2, 0.25) is 0 Å². The summed E-state index contributed by atoms with van der Waals surface area (Å²) >= 11 is 0. The first-order valence-corrected chi connectivity index (χ1v) is 15.2. The van der Waals surface area contributed by atoms with Crippen molar-refractivity contribution in [1.82, 2.24) is 34.8 Å². The van der Waals surface area contributed by atoms with Crippen LogP contribution in [0.5, 0.6) is 5.75 Å². The molecule has 3 aliphatic heterocycles. The summed E-state index contributed by atoms with van der Waals surface area (Å²) in [6.07, 6.45) is 10.2. The van der Waals surface area contributed by atoms with Crippen molar-refractivity contribution in [2.75, 3.05) is 23.7 Å². The summed E-state index contributed by atoms with van der Waals surface area (Å²) in [6, 6.07) is 9.74. The fourth-order valence-corrected chi connectivity index (χ4v) is 6.77. The van der Waals surface area contributed by atoms with E-state index in [0.29, 0.717) is 35.7 Å². The lowest BCUT2D eigenvalue weighted by molar-refractivity contribution is 0.0270. The van der Waals surface area contributed by atoms with Gasteiger partial charge in [-0.3, -0.25) is 4.68 Å². The number of phenols is 1. The number of phenolic OH excluding ortho intramolecular Hbond substituents is 1. The number of ether oxygens (including phenoxy) is 1. The minimum Gasteiger partial charge on any atom is -0.507 e. The number of para-hydroxylation sites is 1. The summed E-state index contributed by atoms with van der Waals surface area (Å²) < 4.78 is 7.52. The number of anilines is 2. The summed E-state index contributed by atoms with van der Waals surface area (Å²) in [5.41, 5.74) is 10.5. The molecule has 2 atom stereocenters. The largest absolute Gasteiger partial charge is 0.507 e. The molecule has 0 saturated carbocycles. The lowest BCUT2D eigenvalue weighted by atomic mass is 9.97. The van der Waals surface area contributed by atoms with E-state index in [0.717, 1.165) is 54.7 Å². The first-order valence-electron chi connectivity index (χ1n) is 15.2. The number of nitrogens with two attached hydrogens (primary N) is 1. The number of hydrogen-bond acceptors (Lipinski definition) is 10. The van der Waals surface area contributed by atoms with Crippen molar-refractivity contribution in [3.63, 3.8) is 0 Å². The smallest absolute Gasteiger partial charge is 0.410 e. The number of fused-ring (bicyclic) bond motifs is 3. The Bertz CT molecular complexity index is 1730. The van der Waals surface area contributed by atoms with Crippen molar-refractivity contribution in [3.8, 4) is 17.0 Å². The van der Waals surface area contributed by atoms with Crippen LogP contribution in [-0.2, 0) is 4.74 Å². The molecule has 6 heterocycles. The van der Waals surface area contributed by atoms with Crippen molar-refractivity contribution in [2.24, 2.45) is 0 Å². The molecule has 0 spiro atoms. The molecule has 228 valence electrons. The fourth-order valence-electron chi connectivity index (χ4n) is 6.77. The Kier molecular flexibility index (Phi) is 6.86. The molecular formula is C32H37N9O3. The third-order valence-electron chi connectivity index (χ3n) is 8.81. The number of rotatable bonds is 4. The Hall–Kier alpha value is -4.74. The summed E-state index contributed by atoms with van der Waals surface area (Å²) in [4.78, 5) is 26.1. The van der Waals surface area contributed by atoms with Crippen LogP contribution >= 0.6 is 0 Å². The summed E-state index contributed by atoms with van der Waals surface area (Å²) in [7, 11) is 0. The van der Waals surface area contributed by atoms with Gasteiger partial charge in [-0.15, -0.1) is 10.2 Å². The first kappa shape index (κ1) is 28.1. The summed E-state index contributed by atoms with van der Waals surface area (Å²) in [5, 5.41) is 23.8. The Morgan fingerprint density at radius 1 is 1.05 bits per heavy atom. The van der Waals surface area contributed by atoms with Gasteiger partial charge in [0.15, 0.2) is 11.3 Å². The van der Waals surface area contributed by atoms with E-state index in [-0.39, 0.29) is 30.0 Å². The van der Waals surface area contributed by atoms with E-state index in [1.54, 1.807) is 17.0 Å². The maximum absolute atomic E-state index is 12.4. The number of nitrogen functional groups attached to an aromatic ring is 1. The molecule has 3 aliphatic rings. The van der Waals surface area contributed by atoms with Crippen molar-refractivity contribution >= 4 is 34.5 Å². The zero-order valence-corrected chi connectivity index (χ0v) is 25.2. The van der Waals surface area contributed by atoms with Gasteiger partial charge in [-0.2, -0.15) is 5.10 Å². The number of nitrogens with zero attached hydrogens (tertiary/aromatic N) is 8. The number of benzene rings is 1. The van der Waals surface area contributed by atoms with E-state index in [2.05, 4.69) is 21.2 Å². The van der Waals surface area contributed by atoms with E-state index in [1.165, 1.54) is 0 Å². The van der Waals surface area contributed by atoms with Crippen LogP contribution in [0.15, 0.2) is 48.8 Å². The third kappa shape index (κ3) is 5.18. The van der Waals surface area contributed by atoms with Crippen LogP contribution < -0.4 is 10.6 Å². The van der Waals surface area contributed by atoms with Crippen LogP contribution in [0.3, 0.4) is 0 Å². The van der Waals surface area contributed by atoms with E-state index >= 15 is 0 Å². The highest BCUT2D eigenvalue weighted by molar-refractivity contribution is 5.87. The van der Waals surface area contributed by atoms with Crippen LogP contribution in [0.4, 0.5) is 16.6 Å². The topological polar surface area (TPSA) is 148 Å². The van der Waals surface area contributed by atoms with Gasteiger partial charge in [-0.1, -0.05) is 18.2 Å². The molecule has 12 heteroatoms. The van der Waals surface area contributed by atoms with Gasteiger partial charge in [0, 0.05) is 48.7 Å². The average Bonchev–Trinajstić information content (AvgIpc) is 3.48. The lowest BCUT2D eigenvalue weighted by Crippen LogP contribution is -2.44. The van der Waals surface area contributed by atoms with Gasteiger partial charge in [-0.25, -0.2) is 14.8 Å². The number of aromatic nitrogens is 6. The van der Waals surface area contributed by atoms with Gasteiger partial charge >= 0.3 is 6.09 Å². The molecule has 1 amide bonds. The normalized spacial score (nSPS) is 21.9. The molecule has 2 saturated heterocycles. The molecule has 2 bridgehead atoms. The van der Waals surface area contributed by atoms with Gasteiger partial charge < -0.3 is 25.4 Å². The van der Waals surface area contributed by atoms with E-state index in [1.807, 2.05) is 56.0 Å². The number of carbonyl (C=O) groups excluding carboxylic acids is 1. The van der Waals surface area contributed by atoms with Gasteiger partial charge in [-0.05, 0) is 76.6 Å². The Morgan fingerprint density at radius 2 is 1.77 bits per heavy atom. The predicted octanol–water partition coefficient (Wildman–Crippen LogP) is 4.97. The molecule has 44 heavy (non-hydrogen) atoms. The highest BCUT2D eigenvalue weighted by Gasteiger charge is 2.43. The number of aromatic hydroxyl groups is 1. The van der Waals surface area contributed by atoms with Crippen LogP contribution in [0.25, 0.3) is 27.9 Å². The van der Waals surface area contributed by atoms with E-state index < -0.39 is 5.60 Å². The number of carbonyl (C=O) groups is 1. The van der Waals surface area contributed by atoms with Gasteiger partial charge in [0.2, 0.25) is 5.95 Å². The molecule has 3 N–H and O–H groups in total. The molecule has 7 rings (SSSR count). The van der Waals surface area contributed by atoms with Gasteiger partial charge in [0.1, 0.15) is 11.4 Å². The minimum absolute atomic E-state index is 0.143.